The smallest absolute Gasteiger partial charge is 0.327 e. The number of rotatable bonds is 2. The first-order chi connectivity index (χ1) is 7.61. The van der Waals surface area contributed by atoms with Crippen LogP contribution in [0, 0.1) is 6.92 Å². The Balaban J connectivity index is 2.22. The summed E-state index contributed by atoms with van der Waals surface area (Å²) in [5.41, 5.74) is 0.328. The summed E-state index contributed by atoms with van der Waals surface area (Å²) >= 11 is 1.42. The zero-order valence-electron chi connectivity index (χ0n) is 8.54. The molecule has 7 heteroatoms. The van der Waals surface area contributed by atoms with Crippen LogP contribution in [0.2, 0.25) is 0 Å². The van der Waals surface area contributed by atoms with Crippen LogP contribution in [-0.4, -0.2) is 44.7 Å². The number of aliphatic carboxylic acids is 1. The SMILES string of the molecule is Cc1oncc1C(=O)N1CSCC1C(=O)O. The molecule has 1 aliphatic heterocycles. The molecular weight excluding hydrogens is 232 g/mol. The highest BCUT2D eigenvalue weighted by atomic mass is 32.2. The summed E-state index contributed by atoms with van der Waals surface area (Å²) in [5, 5.41) is 12.5. The van der Waals surface area contributed by atoms with Crippen LogP contribution in [0.25, 0.3) is 0 Å². The van der Waals surface area contributed by atoms with Gasteiger partial charge in [-0.1, -0.05) is 5.16 Å². The number of hydrogen-bond acceptors (Lipinski definition) is 5. The molecule has 1 fully saturated rings. The first-order valence-electron chi connectivity index (χ1n) is 4.64. The van der Waals surface area contributed by atoms with E-state index in [-0.39, 0.29) is 5.91 Å². The molecule has 1 unspecified atom stereocenters. The molecule has 1 amide bonds. The number of hydrogen-bond donors (Lipinski definition) is 1. The van der Waals surface area contributed by atoms with E-state index >= 15 is 0 Å². The lowest BCUT2D eigenvalue weighted by molar-refractivity contribution is -0.140. The molecule has 86 valence electrons. The van der Waals surface area contributed by atoms with Crippen molar-refractivity contribution in [2.45, 2.75) is 13.0 Å². The van der Waals surface area contributed by atoms with E-state index in [4.69, 9.17) is 9.63 Å². The van der Waals surface area contributed by atoms with Gasteiger partial charge in [-0.25, -0.2) is 4.79 Å². The van der Waals surface area contributed by atoms with Gasteiger partial charge in [0.1, 0.15) is 17.4 Å². The average molecular weight is 242 g/mol. The Labute approximate surface area is 95.6 Å². The fourth-order valence-corrected chi connectivity index (χ4v) is 2.65. The van der Waals surface area contributed by atoms with Gasteiger partial charge in [-0.05, 0) is 6.92 Å². The number of carbonyl (C=O) groups is 2. The van der Waals surface area contributed by atoms with E-state index in [0.29, 0.717) is 23.0 Å². The molecule has 1 saturated heterocycles. The highest BCUT2D eigenvalue weighted by Crippen LogP contribution is 2.24. The second-order valence-corrected chi connectivity index (χ2v) is 4.42. The van der Waals surface area contributed by atoms with Crippen molar-refractivity contribution in [3.05, 3.63) is 17.5 Å². The maximum Gasteiger partial charge on any atom is 0.327 e. The number of thioether (sulfide) groups is 1. The van der Waals surface area contributed by atoms with Crippen molar-refractivity contribution in [2.75, 3.05) is 11.6 Å². The molecule has 0 aliphatic carbocycles. The van der Waals surface area contributed by atoms with Gasteiger partial charge in [0, 0.05) is 5.75 Å². The Hall–Kier alpha value is -1.50. The van der Waals surface area contributed by atoms with E-state index < -0.39 is 12.0 Å². The van der Waals surface area contributed by atoms with Gasteiger partial charge < -0.3 is 14.5 Å². The summed E-state index contributed by atoms with van der Waals surface area (Å²) in [7, 11) is 0. The molecule has 1 N–H and O–H groups in total. The van der Waals surface area contributed by atoms with Crippen molar-refractivity contribution < 1.29 is 19.2 Å². The molecule has 1 aromatic rings. The van der Waals surface area contributed by atoms with E-state index in [1.54, 1.807) is 6.92 Å². The fourth-order valence-electron chi connectivity index (χ4n) is 1.51. The Morgan fingerprint density at radius 2 is 2.44 bits per heavy atom. The van der Waals surface area contributed by atoms with Crippen molar-refractivity contribution in [3.63, 3.8) is 0 Å². The average Bonchev–Trinajstić information content (AvgIpc) is 2.84. The van der Waals surface area contributed by atoms with Crippen LogP contribution in [-0.2, 0) is 4.79 Å². The topological polar surface area (TPSA) is 83.6 Å². The number of carbonyl (C=O) groups excluding carboxylic acids is 1. The molecule has 0 spiro atoms. The third kappa shape index (κ3) is 1.78. The number of carboxylic acid groups (broad SMARTS) is 1. The van der Waals surface area contributed by atoms with Crippen molar-refractivity contribution >= 4 is 23.6 Å². The van der Waals surface area contributed by atoms with Crippen molar-refractivity contribution in [1.82, 2.24) is 10.1 Å². The largest absolute Gasteiger partial charge is 0.480 e. The van der Waals surface area contributed by atoms with E-state index in [2.05, 4.69) is 5.16 Å². The quantitative estimate of drug-likeness (QED) is 0.816. The monoisotopic (exact) mass is 242 g/mol. The van der Waals surface area contributed by atoms with Crippen molar-refractivity contribution in [2.24, 2.45) is 0 Å². The van der Waals surface area contributed by atoms with Crippen LogP contribution in [0.15, 0.2) is 10.7 Å². The standard InChI is InChI=1S/C9H10N2O4S/c1-5-6(2-10-15-5)8(12)11-4-16-3-7(11)9(13)14/h2,7H,3-4H2,1H3,(H,13,14). The molecule has 1 aliphatic rings. The Kier molecular flexibility index (Phi) is 2.86. The van der Waals surface area contributed by atoms with Crippen LogP contribution in [0.5, 0.6) is 0 Å². The molecule has 2 heterocycles. The second kappa shape index (κ2) is 4.17. The van der Waals surface area contributed by atoms with Gasteiger partial charge in [0.2, 0.25) is 0 Å². The van der Waals surface area contributed by atoms with Gasteiger partial charge in [-0.3, -0.25) is 4.79 Å². The fraction of sp³-hybridized carbons (Fsp3) is 0.444. The lowest BCUT2D eigenvalue weighted by Crippen LogP contribution is -2.41. The van der Waals surface area contributed by atoms with Gasteiger partial charge in [0.25, 0.3) is 5.91 Å². The summed E-state index contributed by atoms with van der Waals surface area (Å²) in [4.78, 5) is 24.2. The number of aryl methyl sites for hydroxylation is 1. The van der Waals surface area contributed by atoms with E-state index in [1.165, 1.54) is 22.9 Å². The predicted molar refractivity (Wildman–Crippen MR) is 56.2 cm³/mol. The summed E-state index contributed by atoms with van der Waals surface area (Å²) in [5.74, 6) is -0.0964. The van der Waals surface area contributed by atoms with Gasteiger partial charge in [0.15, 0.2) is 0 Å². The molecule has 2 rings (SSSR count). The summed E-state index contributed by atoms with van der Waals surface area (Å²) in [6.45, 7) is 1.62. The lowest BCUT2D eigenvalue weighted by atomic mass is 10.2. The van der Waals surface area contributed by atoms with E-state index in [1.807, 2.05) is 0 Å². The third-order valence-corrected chi connectivity index (χ3v) is 3.42. The molecule has 0 saturated carbocycles. The normalized spacial score (nSPS) is 20.1. The number of amides is 1. The van der Waals surface area contributed by atoms with Crippen LogP contribution in [0.1, 0.15) is 16.1 Å². The van der Waals surface area contributed by atoms with Gasteiger partial charge in [-0.2, -0.15) is 0 Å². The zero-order chi connectivity index (χ0) is 11.7. The molecule has 0 bridgehead atoms. The third-order valence-electron chi connectivity index (χ3n) is 2.41. The minimum absolute atomic E-state index is 0.328. The summed E-state index contributed by atoms with van der Waals surface area (Å²) in [6.07, 6.45) is 1.32. The minimum Gasteiger partial charge on any atom is -0.480 e. The van der Waals surface area contributed by atoms with E-state index in [0.717, 1.165) is 0 Å². The molecule has 6 nitrogen and oxygen atoms in total. The van der Waals surface area contributed by atoms with Gasteiger partial charge in [0.05, 0.1) is 12.1 Å². The number of nitrogens with zero attached hydrogens (tertiary/aromatic N) is 2. The summed E-state index contributed by atoms with van der Waals surface area (Å²) < 4.78 is 4.79. The maximum absolute atomic E-state index is 12.0. The molecule has 1 aromatic heterocycles. The molecule has 16 heavy (non-hydrogen) atoms. The highest BCUT2D eigenvalue weighted by Gasteiger charge is 2.36. The number of aromatic nitrogens is 1. The van der Waals surface area contributed by atoms with E-state index in [9.17, 15) is 9.59 Å². The first kappa shape index (κ1) is 11.0. The van der Waals surface area contributed by atoms with Gasteiger partial charge >= 0.3 is 5.97 Å². The van der Waals surface area contributed by atoms with Gasteiger partial charge in [-0.15, -0.1) is 11.8 Å². The van der Waals surface area contributed by atoms with Crippen LogP contribution in [0.4, 0.5) is 0 Å². The molecule has 0 radical (unpaired) electrons. The summed E-state index contributed by atoms with van der Waals surface area (Å²) in [6, 6.07) is -0.758. The first-order valence-corrected chi connectivity index (χ1v) is 5.79. The van der Waals surface area contributed by atoms with Crippen molar-refractivity contribution in [1.29, 1.82) is 0 Å². The Morgan fingerprint density at radius 3 is 3.00 bits per heavy atom. The van der Waals surface area contributed by atoms with Crippen LogP contribution < -0.4 is 0 Å². The van der Waals surface area contributed by atoms with Crippen molar-refractivity contribution in [3.8, 4) is 0 Å². The van der Waals surface area contributed by atoms with Crippen LogP contribution >= 0.6 is 11.8 Å². The Bertz CT molecular complexity index is 431. The molecule has 0 aromatic carbocycles. The highest BCUT2D eigenvalue weighted by molar-refractivity contribution is 7.99. The predicted octanol–water partition coefficient (Wildman–Crippen LogP) is 0.583. The zero-order valence-corrected chi connectivity index (χ0v) is 9.36. The maximum atomic E-state index is 12.0. The lowest BCUT2D eigenvalue weighted by Gasteiger charge is -2.19. The Morgan fingerprint density at radius 1 is 1.69 bits per heavy atom. The number of carboxylic acids is 1. The minimum atomic E-state index is -0.979. The second-order valence-electron chi connectivity index (χ2n) is 3.42. The molecule has 1 atom stereocenters. The molecular formula is C9H10N2O4S. The van der Waals surface area contributed by atoms with Crippen LogP contribution in [0.3, 0.4) is 0 Å².